The van der Waals surface area contributed by atoms with E-state index in [1.54, 1.807) is 7.11 Å². The maximum atomic E-state index is 13.1. The van der Waals surface area contributed by atoms with Crippen LogP contribution in [0.15, 0.2) is 36.4 Å². The molecule has 0 aromatic heterocycles. The Labute approximate surface area is 134 Å². The summed E-state index contributed by atoms with van der Waals surface area (Å²) in [6, 6.07) is 11.2. The third-order valence-electron chi connectivity index (χ3n) is 3.48. The molecule has 1 unspecified atom stereocenters. The summed E-state index contributed by atoms with van der Waals surface area (Å²) < 4.78 is 36.7. The highest BCUT2D eigenvalue weighted by Gasteiger charge is 2.16. The van der Waals surface area contributed by atoms with Gasteiger partial charge in [0.15, 0.2) is 11.6 Å². The number of aryl methyl sites for hydroxylation is 1. The average molecular weight is 317 g/mol. The van der Waals surface area contributed by atoms with E-state index in [0.717, 1.165) is 23.3 Å². The second-order valence-electron chi connectivity index (χ2n) is 5.14. The topological polar surface area (TPSA) is 42.2 Å². The van der Waals surface area contributed by atoms with Crippen LogP contribution in [0.2, 0.25) is 0 Å². The number of nitrogens with zero attached hydrogens (tertiary/aromatic N) is 1. The molecular formula is C18H17F2NO2. The van der Waals surface area contributed by atoms with Crippen molar-refractivity contribution in [3.05, 3.63) is 59.2 Å². The summed E-state index contributed by atoms with van der Waals surface area (Å²) in [4.78, 5) is 0. The predicted molar refractivity (Wildman–Crippen MR) is 82.6 cm³/mol. The van der Waals surface area contributed by atoms with E-state index in [-0.39, 0.29) is 12.4 Å². The number of hydrogen-bond donors (Lipinski definition) is 0. The van der Waals surface area contributed by atoms with Gasteiger partial charge in [0.2, 0.25) is 0 Å². The van der Waals surface area contributed by atoms with Gasteiger partial charge in [-0.15, -0.1) is 0 Å². The van der Waals surface area contributed by atoms with Crippen molar-refractivity contribution in [3.8, 4) is 17.6 Å². The second kappa shape index (κ2) is 7.59. The van der Waals surface area contributed by atoms with Gasteiger partial charge < -0.3 is 9.47 Å². The molecule has 0 N–H and O–H groups in total. The van der Waals surface area contributed by atoms with E-state index in [1.807, 2.05) is 25.1 Å². The van der Waals surface area contributed by atoms with Crippen molar-refractivity contribution in [1.82, 2.24) is 0 Å². The van der Waals surface area contributed by atoms with Crippen LogP contribution < -0.4 is 9.47 Å². The molecular weight excluding hydrogens is 300 g/mol. The zero-order chi connectivity index (χ0) is 16.8. The van der Waals surface area contributed by atoms with E-state index < -0.39 is 17.6 Å². The Morgan fingerprint density at radius 2 is 1.91 bits per heavy atom. The molecule has 0 heterocycles. The van der Waals surface area contributed by atoms with Crippen LogP contribution in [0.4, 0.5) is 8.78 Å². The van der Waals surface area contributed by atoms with Crippen LogP contribution in [0.5, 0.6) is 11.5 Å². The number of rotatable bonds is 6. The normalized spacial score (nSPS) is 11.6. The molecule has 0 radical (unpaired) electrons. The summed E-state index contributed by atoms with van der Waals surface area (Å²) in [5.74, 6) is -1.40. The fourth-order valence-corrected chi connectivity index (χ4v) is 2.28. The number of halogens is 2. The summed E-state index contributed by atoms with van der Waals surface area (Å²) in [7, 11) is 1.56. The first-order valence-electron chi connectivity index (χ1n) is 7.17. The van der Waals surface area contributed by atoms with Crippen LogP contribution in [-0.4, -0.2) is 13.7 Å². The Bertz CT molecular complexity index is 725. The maximum absolute atomic E-state index is 13.1. The standard InChI is InChI=1S/C18H17F2NO2/c1-12-3-6-18(22-2)15(9-12)13(11-21)7-8-23-14-4-5-16(19)17(20)10-14/h3-6,9-10,13H,7-8H2,1-2H3. The Kier molecular flexibility index (Phi) is 5.53. The number of hydrogen-bond acceptors (Lipinski definition) is 3. The molecule has 0 saturated heterocycles. The Balaban J connectivity index is 2.04. The summed E-state index contributed by atoms with van der Waals surface area (Å²) in [5.41, 5.74) is 1.83. The highest BCUT2D eigenvalue weighted by molar-refractivity contribution is 5.41. The monoisotopic (exact) mass is 317 g/mol. The molecule has 0 spiro atoms. The highest BCUT2D eigenvalue weighted by Crippen LogP contribution is 2.30. The van der Waals surface area contributed by atoms with Crippen LogP contribution in [0, 0.1) is 29.9 Å². The first-order valence-corrected chi connectivity index (χ1v) is 7.17. The van der Waals surface area contributed by atoms with Crippen molar-refractivity contribution in [3.63, 3.8) is 0 Å². The van der Waals surface area contributed by atoms with Crippen molar-refractivity contribution in [2.75, 3.05) is 13.7 Å². The predicted octanol–water partition coefficient (Wildman–Crippen LogP) is 4.36. The second-order valence-corrected chi connectivity index (χ2v) is 5.14. The molecule has 2 aromatic carbocycles. The molecule has 0 aliphatic heterocycles. The SMILES string of the molecule is COc1ccc(C)cc1C(C#N)CCOc1ccc(F)c(F)c1. The zero-order valence-electron chi connectivity index (χ0n) is 13.0. The Morgan fingerprint density at radius 1 is 1.13 bits per heavy atom. The molecule has 0 aliphatic rings. The van der Waals surface area contributed by atoms with Crippen molar-refractivity contribution in [2.45, 2.75) is 19.3 Å². The zero-order valence-corrected chi connectivity index (χ0v) is 13.0. The minimum atomic E-state index is -0.959. The fraction of sp³-hybridized carbons (Fsp3) is 0.278. The summed E-state index contributed by atoms with van der Waals surface area (Å²) >= 11 is 0. The van der Waals surface area contributed by atoms with Crippen LogP contribution >= 0.6 is 0 Å². The van der Waals surface area contributed by atoms with E-state index in [4.69, 9.17) is 9.47 Å². The van der Waals surface area contributed by atoms with Crippen LogP contribution in [-0.2, 0) is 0 Å². The molecule has 2 aromatic rings. The van der Waals surface area contributed by atoms with Gasteiger partial charge in [0.1, 0.15) is 11.5 Å². The molecule has 5 heteroatoms. The van der Waals surface area contributed by atoms with Gasteiger partial charge in [0.25, 0.3) is 0 Å². The third kappa shape index (κ3) is 4.19. The lowest BCUT2D eigenvalue weighted by Crippen LogP contribution is -2.06. The lowest BCUT2D eigenvalue weighted by Gasteiger charge is -2.15. The average Bonchev–Trinajstić information content (AvgIpc) is 2.55. The van der Waals surface area contributed by atoms with E-state index >= 15 is 0 Å². The maximum Gasteiger partial charge on any atom is 0.162 e. The Hall–Kier alpha value is -2.61. The lowest BCUT2D eigenvalue weighted by molar-refractivity contribution is 0.302. The minimum absolute atomic E-state index is 0.209. The van der Waals surface area contributed by atoms with Crippen LogP contribution in [0.25, 0.3) is 0 Å². The molecule has 1 atom stereocenters. The molecule has 0 bridgehead atoms. The molecule has 0 aliphatic carbocycles. The van der Waals surface area contributed by atoms with Crippen molar-refractivity contribution < 1.29 is 18.3 Å². The summed E-state index contributed by atoms with van der Waals surface area (Å²) in [6.07, 6.45) is 0.412. The van der Waals surface area contributed by atoms with Gasteiger partial charge in [0.05, 0.1) is 25.7 Å². The van der Waals surface area contributed by atoms with Crippen LogP contribution in [0.1, 0.15) is 23.5 Å². The quantitative estimate of drug-likeness (QED) is 0.795. The third-order valence-corrected chi connectivity index (χ3v) is 3.48. The number of benzene rings is 2. The van der Waals surface area contributed by atoms with Gasteiger partial charge in [-0.2, -0.15) is 5.26 Å². The van der Waals surface area contributed by atoms with Gasteiger partial charge >= 0.3 is 0 Å². The largest absolute Gasteiger partial charge is 0.496 e. The highest BCUT2D eigenvalue weighted by atomic mass is 19.2. The first-order chi connectivity index (χ1) is 11.0. The van der Waals surface area contributed by atoms with Crippen molar-refractivity contribution in [2.24, 2.45) is 0 Å². The minimum Gasteiger partial charge on any atom is -0.496 e. The van der Waals surface area contributed by atoms with Crippen molar-refractivity contribution in [1.29, 1.82) is 5.26 Å². The number of ether oxygens (including phenoxy) is 2. The van der Waals surface area contributed by atoms with E-state index in [9.17, 15) is 14.0 Å². The summed E-state index contributed by atoms with van der Waals surface area (Å²) in [6.45, 7) is 2.15. The lowest BCUT2D eigenvalue weighted by atomic mass is 9.95. The van der Waals surface area contributed by atoms with E-state index in [1.165, 1.54) is 6.07 Å². The molecule has 3 nitrogen and oxygen atoms in total. The number of methoxy groups -OCH3 is 1. The van der Waals surface area contributed by atoms with Gasteiger partial charge in [-0.3, -0.25) is 0 Å². The summed E-state index contributed by atoms with van der Waals surface area (Å²) in [5, 5.41) is 9.40. The molecule has 0 saturated carbocycles. The van der Waals surface area contributed by atoms with Crippen LogP contribution in [0.3, 0.4) is 0 Å². The first kappa shape index (κ1) is 16.8. The fourth-order valence-electron chi connectivity index (χ4n) is 2.28. The van der Waals surface area contributed by atoms with Gasteiger partial charge in [0, 0.05) is 18.1 Å². The van der Waals surface area contributed by atoms with E-state index in [0.29, 0.717) is 12.2 Å². The van der Waals surface area contributed by atoms with E-state index in [2.05, 4.69) is 6.07 Å². The van der Waals surface area contributed by atoms with Gasteiger partial charge in [-0.05, 0) is 25.1 Å². The smallest absolute Gasteiger partial charge is 0.162 e. The Morgan fingerprint density at radius 3 is 2.57 bits per heavy atom. The molecule has 2 rings (SSSR count). The van der Waals surface area contributed by atoms with Gasteiger partial charge in [-0.25, -0.2) is 8.78 Å². The molecule has 23 heavy (non-hydrogen) atoms. The van der Waals surface area contributed by atoms with Crippen molar-refractivity contribution >= 4 is 0 Å². The number of nitriles is 1. The molecule has 0 amide bonds. The molecule has 120 valence electrons. The molecule has 0 fully saturated rings. The van der Waals surface area contributed by atoms with Gasteiger partial charge in [-0.1, -0.05) is 17.7 Å².